The fraction of sp³-hybridized carbons (Fsp3) is 0.769. The first-order valence-electron chi connectivity index (χ1n) is 6.69. The van der Waals surface area contributed by atoms with E-state index in [0.29, 0.717) is 0 Å². The highest BCUT2D eigenvalue weighted by molar-refractivity contribution is 7.09. The van der Waals surface area contributed by atoms with Crippen LogP contribution in [-0.2, 0) is 13.1 Å². The summed E-state index contributed by atoms with van der Waals surface area (Å²) in [5, 5.41) is 6.57. The van der Waals surface area contributed by atoms with Crippen molar-refractivity contribution in [1.82, 2.24) is 15.2 Å². The van der Waals surface area contributed by atoms with E-state index in [1.807, 2.05) is 7.05 Å². The maximum Gasteiger partial charge on any atom is 0.107 e. The number of likely N-dealkylation sites (tertiary alicyclic amines) is 1. The van der Waals surface area contributed by atoms with Gasteiger partial charge in [-0.25, -0.2) is 4.98 Å². The van der Waals surface area contributed by atoms with Gasteiger partial charge in [-0.2, -0.15) is 0 Å². The summed E-state index contributed by atoms with van der Waals surface area (Å²) in [6, 6.07) is 0. The van der Waals surface area contributed by atoms with Crippen molar-refractivity contribution in [1.29, 1.82) is 0 Å². The molecule has 0 radical (unpaired) electrons. The predicted molar refractivity (Wildman–Crippen MR) is 73.2 cm³/mol. The molecule has 1 saturated heterocycles. The maximum atomic E-state index is 4.66. The standard InChI is InChI=1S/C13H23N3S/c1-14-9-13-15-12(11-17-13)10-16-7-5-3-2-4-6-8-16/h11,14H,2-10H2,1H3. The number of hydrogen-bond donors (Lipinski definition) is 1. The minimum absolute atomic E-state index is 0.894. The Balaban J connectivity index is 1.84. The molecule has 96 valence electrons. The molecule has 2 heterocycles. The van der Waals surface area contributed by atoms with Crippen LogP contribution in [0.25, 0.3) is 0 Å². The molecule has 0 aliphatic carbocycles. The van der Waals surface area contributed by atoms with Crippen LogP contribution < -0.4 is 5.32 Å². The van der Waals surface area contributed by atoms with Crippen LogP contribution >= 0.6 is 11.3 Å². The van der Waals surface area contributed by atoms with Crippen LogP contribution in [0.4, 0.5) is 0 Å². The molecule has 1 aromatic rings. The van der Waals surface area contributed by atoms with Crippen molar-refractivity contribution in [3.8, 4) is 0 Å². The van der Waals surface area contributed by atoms with Gasteiger partial charge in [-0.1, -0.05) is 19.3 Å². The van der Waals surface area contributed by atoms with Crippen molar-refractivity contribution in [2.24, 2.45) is 0 Å². The van der Waals surface area contributed by atoms with Gasteiger partial charge in [-0.3, -0.25) is 4.90 Å². The zero-order chi connectivity index (χ0) is 11.9. The molecule has 1 aliphatic rings. The Labute approximate surface area is 108 Å². The lowest BCUT2D eigenvalue weighted by Crippen LogP contribution is -2.27. The van der Waals surface area contributed by atoms with Crippen molar-refractivity contribution in [3.05, 3.63) is 16.1 Å². The molecule has 0 bridgehead atoms. The van der Waals surface area contributed by atoms with Crippen LogP contribution in [0.1, 0.15) is 42.8 Å². The van der Waals surface area contributed by atoms with Crippen LogP contribution in [0.2, 0.25) is 0 Å². The summed E-state index contributed by atoms with van der Waals surface area (Å²) in [5.41, 5.74) is 1.25. The van der Waals surface area contributed by atoms with Gasteiger partial charge in [-0.15, -0.1) is 11.3 Å². The molecule has 0 saturated carbocycles. The van der Waals surface area contributed by atoms with Gasteiger partial charge in [0.1, 0.15) is 5.01 Å². The summed E-state index contributed by atoms with van der Waals surface area (Å²) in [6.45, 7) is 4.43. The molecule has 1 fully saturated rings. The topological polar surface area (TPSA) is 28.2 Å². The number of hydrogen-bond acceptors (Lipinski definition) is 4. The smallest absolute Gasteiger partial charge is 0.107 e. The normalized spacial score (nSPS) is 18.9. The van der Waals surface area contributed by atoms with Gasteiger partial charge < -0.3 is 5.32 Å². The maximum absolute atomic E-state index is 4.66. The SMILES string of the molecule is CNCc1nc(CN2CCCCCCC2)cs1. The third-order valence-electron chi connectivity index (χ3n) is 3.26. The number of nitrogens with one attached hydrogen (secondary N) is 1. The third kappa shape index (κ3) is 4.37. The van der Waals surface area contributed by atoms with Crippen molar-refractivity contribution in [2.45, 2.75) is 45.2 Å². The predicted octanol–water partition coefficient (Wildman–Crippen LogP) is 2.63. The molecule has 0 atom stereocenters. The minimum atomic E-state index is 0.894. The van der Waals surface area contributed by atoms with Gasteiger partial charge in [0.2, 0.25) is 0 Å². The van der Waals surface area contributed by atoms with Gasteiger partial charge in [0, 0.05) is 18.5 Å². The second-order valence-corrected chi connectivity index (χ2v) is 5.75. The van der Waals surface area contributed by atoms with E-state index >= 15 is 0 Å². The molecular weight excluding hydrogens is 230 g/mol. The molecule has 1 aliphatic heterocycles. The Hall–Kier alpha value is -0.450. The first-order valence-corrected chi connectivity index (χ1v) is 7.56. The van der Waals surface area contributed by atoms with Gasteiger partial charge in [0.05, 0.1) is 5.69 Å². The highest BCUT2D eigenvalue weighted by Crippen LogP contribution is 2.15. The summed E-state index contributed by atoms with van der Waals surface area (Å²) < 4.78 is 0. The van der Waals surface area contributed by atoms with Crippen LogP contribution in [0.15, 0.2) is 5.38 Å². The van der Waals surface area contributed by atoms with Crippen LogP contribution in [0.3, 0.4) is 0 Å². The van der Waals surface area contributed by atoms with Crippen molar-refractivity contribution in [2.75, 3.05) is 20.1 Å². The molecule has 0 amide bonds. The monoisotopic (exact) mass is 253 g/mol. The molecule has 1 aromatic heterocycles. The second-order valence-electron chi connectivity index (χ2n) is 4.81. The number of rotatable bonds is 4. The molecule has 17 heavy (non-hydrogen) atoms. The Morgan fingerprint density at radius 1 is 1.24 bits per heavy atom. The first-order chi connectivity index (χ1) is 8.38. The lowest BCUT2D eigenvalue weighted by Gasteiger charge is -2.23. The molecule has 0 unspecified atom stereocenters. The van der Waals surface area contributed by atoms with E-state index in [1.54, 1.807) is 11.3 Å². The van der Waals surface area contributed by atoms with E-state index in [4.69, 9.17) is 0 Å². The Bertz CT molecular complexity index is 316. The van der Waals surface area contributed by atoms with E-state index in [1.165, 1.54) is 55.9 Å². The quantitative estimate of drug-likeness (QED) is 0.894. The average molecular weight is 253 g/mol. The van der Waals surface area contributed by atoms with E-state index in [2.05, 4.69) is 20.6 Å². The van der Waals surface area contributed by atoms with Crippen molar-refractivity contribution < 1.29 is 0 Å². The van der Waals surface area contributed by atoms with E-state index in [-0.39, 0.29) is 0 Å². The fourth-order valence-corrected chi connectivity index (χ4v) is 3.15. The fourth-order valence-electron chi connectivity index (χ4n) is 2.35. The zero-order valence-corrected chi connectivity index (χ0v) is 11.6. The molecule has 1 N–H and O–H groups in total. The Kier molecular flexibility index (Phi) is 5.42. The van der Waals surface area contributed by atoms with Crippen LogP contribution in [-0.4, -0.2) is 30.0 Å². The number of aromatic nitrogens is 1. The van der Waals surface area contributed by atoms with Crippen molar-refractivity contribution >= 4 is 11.3 Å². The van der Waals surface area contributed by atoms with E-state index in [9.17, 15) is 0 Å². The molecule has 4 heteroatoms. The molecule has 0 spiro atoms. The first kappa shape index (κ1) is 13.0. The molecule has 0 aromatic carbocycles. The number of nitrogens with zero attached hydrogens (tertiary/aromatic N) is 2. The van der Waals surface area contributed by atoms with Crippen LogP contribution in [0.5, 0.6) is 0 Å². The molecule has 3 nitrogen and oxygen atoms in total. The van der Waals surface area contributed by atoms with Gasteiger partial charge in [0.15, 0.2) is 0 Å². The van der Waals surface area contributed by atoms with E-state index < -0.39 is 0 Å². The lowest BCUT2D eigenvalue weighted by atomic mass is 10.1. The Morgan fingerprint density at radius 2 is 1.94 bits per heavy atom. The lowest BCUT2D eigenvalue weighted by molar-refractivity contribution is 0.237. The summed E-state index contributed by atoms with van der Waals surface area (Å²) in [6.07, 6.45) is 6.94. The summed E-state index contributed by atoms with van der Waals surface area (Å²) in [5.74, 6) is 0. The largest absolute Gasteiger partial charge is 0.314 e. The highest BCUT2D eigenvalue weighted by Gasteiger charge is 2.10. The second kappa shape index (κ2) is 7.09. The van der Waals surface area contributed by atoms with Gasteiger partial charge in [0.25, 0.3) is 0 Å². The highest BCUT2D eigenvalue weighted by atomic mass is 32.1. The van der Waals surface area contributed by atoms with Crippen LogP contribution in [0, 0.1) is 0 Å². The number of thiazole rings is 1. The Morgan fingerprint density at radius 3 is 2.65 bits per heavy atom. The van der Waals surface area contributed by atoms with Crippen molar-refractivity contribution in [3.63, 3.8) is 0 Å². The van der Waals surface area contributed by atoms with E-state index in [0.717, 1.165) is 13.1 Å². The van der Waals surface area contributed by atoms with Gasteiger partial charge >= 0.3 is 0 Å². The molecule has 2 rings (SSSR count). The summed E-state index contributed by atoms with van der Waals surface area (Å²) >= 11 is 1.77. The van der Waals surface area contributed by atoms with Gasteiger partial charge in [-0.05, 0) is 33.0 Å². The molecular formula is C13H23N3S. The average Bonchev–Trinajstić information content (AvgIpc) is 2.70. The summed E-state index contributed by atoms with van der Waals surface area (Å²) in [7, 11) is 1.97. The summed E-state index contributed by atoms with van der Waals surface area (Å²) in [4.78, 5) is 7.23. The third-order valence-corrected chi connectivity index (χ3v) is 4.16. The minimum Gasteiger partial charge on any atom is -0.314 e. The zero-order valence-electron chi connectivity index (χ0n) is 10.7.